The molecule has 0 radical (unpaired) electrons. The van der Waals surface area contributed by atoms with Gasteiger partial charge in [0.1, 0.15) is 28.1 Å². The van der Waals surface area contributed by atoms with Crippen molar-refractivity contribution in [2.45, 2.75) is 16.4 Å². The molecule has 0 saturated carbocycles. The molecule has 0 amide bonds. The number of hydrogen-bond donors (Lipinski definition) is 3. The van der Waals surface area contributed by atoms with Crippen LogP contribution in [0.2, 0.25) is 0 Å². The second-order valence-corrected chi connectivity index (χ2v) is 13.6. The highest BCUT2D eigenvalue weighted by Gasteiger charge is 2.27. The van der Waals surface area contributed by atoms with Gasteiger partial charge >= 0.3 is 7.60 Å². The first kappa shape index (κ1) is 25.1. The number of rotatable bonds is 11. The predicted octanol–water partition coefficient (Wildman–Crippen LogP) is 4.06. The maximum absolute atomic E-state index is 13.6. The number of sulfonamides is 1. The van der Waals surface area contributed by atoms with Gasteiger partial charge in [-0.3, -0.25) is 0 Å². The average molecular weight is 536 g/mol. The molecule has 1 unspecified atom stereocenters. The second kappa shape index (κ2) is 10.6. The lowest BCUT2D eigenvalue weighted by atomic mass is 10.2. The molecule has 3 rings (SSSR count). The van der Waals surface area contributed by atoms with E-state index in [9.17, 15) is 22.3 Å². The molecule has 0 aliphatic rings. The number of fused-ring (bicyclic) bond motifs is 1. The molecule has 4 N–H and O–H groups in total. The maximum Gasteiger partial charge on any atom is 0.391 e. The Morgan fingerprint density at radius 3 is 2.69 bits per heavy atom. The molecule has 3 aromatic rings. The molecule has 32 heavy (non-hydrogen) atoms. The molecule has 2 aromatic heterocycles. The van der Waals surface area contributed by atoms with Crippen molar-refractivity contribution < 1.29 is 26.8 Å². The molecule has 0 saturated heterocycles. The molecule has 0 bridgehead atoms. The Balaban J connectivity index is 1.63. The van der Waals surface area contributed by atoms with Crippen LogP contribution in [-0.4, -0.2) is 31.9 Å². The van der Waals surface area contributed by atoms with E-state index >= 15 is 0 Å². The van der Waals surface area contributed by atoms with E-state index in [0.29, 0.717) is 6.54 Å². The highest BCUT2D eigenvalue weighted by atomic mass is 32.2. The van der Waals surface area contributed by atoms with E-state index in [1.165, 1.54) is 17.4 Å². The van der Waals surface area contributed by atoms with Gasteiger partial charge in [0.05, 0.1) is 5.56 Å². The number of nitrogens with one attached hydrogen (secondary N) is 1. The number of thioether (sulfide) groups is 1. The van der Waals surface area contributed by atoms with Gasteiger partial charge in [-0.2, -0.15) is 21.7 Å². The fourth-order valence-corrected chi connectivity index (χ4v) is 8.95. The fraction of sp³-hybridized carbons (Fsp3) is 0.278. The third-order valence-electron chi connectivity index (χ3n) is 4.00. The Bertz CT molecular complexity index is 1270. The molecule has 172 valence electrons. The quantitative estimate of drug-likeness (QED) is 0.246. The Kier molecular flexibility index (Phi) is 8.35. The zero-order chi connectivity index (χ0) is 23.4. The van der Waals surface area contributed by atoms with Gasteiger partial charge in [-0.15, -0.1) is 22.7 Å². The van der Waals surface area contributed by atoms with E-state index in [1.54, 1.807) is 17.8 Å². The minimum Gasteiger partial charge on any atom is -0.424 e. The monoisotopic (exact) mass is 535 g/mol. The summed E-state index contributed by atoms with van der Waals surface area (Å²) in [6.45, 7) is 0.650. The number of nitrogens with zero attached hydrogens (tertiary/aromatic N) is 1. The van der Waals surface area contributed by atoms with Crippen LogP contribution < -0.4 is 15.0 Å². The number of thiophene rings is 2. The summed E-state index contributed by atoms with van der Waals surface area (Å²) in [7, 11) is -8.51. The third kappa shape index (κ3) is 6.52. The highest BCUT2D eigenvalue weighted by Crippen LogP contribution is 2.42. The molecule has 0 aliphatic carbocycles. The van der Waals surface area contributed by atoms with Gasteiger partial charge in [0.2, 0.25) is 0 Å². The summed E-state index contributed by atoms with van der Waals surface area (Å²) >= 11 is 4.33. The summed E-state index contributed by atoms with van der Waals surface area (Å²) in [5.41, 5.74) is 5.23. The van der Waals surface area contributed by atoms with Crippen LogP contribution in [0.3, 0.4) is 0 Å². The SMILES string of the molecule is N#Cc1ccc(OP(=O)(O)CNS(=O)(=O)c2cc3sc(CSCCCN)cc3s2)cc1F. The predicted molar refractivity (Wildman–Crippen MR) is 126 cm³/mol. The lowest BCUT2D eigenvalue weighted by Crippen LogP contribution is -2.25. The number of hydrogen-bond acceptors (Lipinski definition) is 9. The molecule has 8 nitrogen and oxygen atoms in total. The number of nitrogens with two attached hydrogens (primary N) is 1. The van der Waals surface area contributed by atoms with E-state index in [4.69, 9.17) is 15.5 Å². The summed E-state index contributed by atoms with van der Waals surface area (Å²) in [6, 6.07) is 8.12. The van der Waals surface area contributed by atoms with Crippen LogP contribution in [0.1, 0.15) is 16.9 Å². The van der Waals surface area contributed by atoms with E-state index in [0.717, 1.165) is 61.7 Å². The van der Waals surface area contributed by atoms with E-state index in [-0.39, 0.29) is 15.5 Å². The van der Waals surface area contributed by atoms with E-state index in [2.05, 4.69) is 4.72 Å². The molecular formula is C18H19FN3O5PS4. The largest absolute Gasteiger partial charge is 0.424 e. The minimum atomic E-state index is -4.47. The van der Waals surface area contributed by atoms with Crippen molar-refractivity contribution in [2.24, 2.45) is 5.73 Å². The molecule has 0 spiro atoms. The summed E-state index contributed by atoms with van der Waals surface area (Å²) < 4.78 is 59.6. The Morgan fingerprint density at radius 2 is 2.03 bits per heavy atom. The van der Waals surface area contributed by atoms with Crippen LogP contribution in [0, 0.1) is 17.1 Å². The average Bonchev–Trinajstić information content (AvgIpc) is 3.29. The number of nitriles is 1. The number of halogens is 1. The van der Waals surface area contributed by atoms with Crippen LogP contribution in [0.15, 0.2) is 34.5 Å². The molecule has 2 heterocycles. The molecular weight excluding hydrogens is 516 g/mol. The second-order valence-electron chi connectivity index (χ2n) is 6.49. The van der Waals surface area contributed by atoms with Gasteiger partial charge in [-0.1, -0.05) is 0 Å². The lowest BCUT2D eigenvalue weighted by Gasteiger charge is -2.14. The van der Waals surface area contributed by atoms with E-state index in [1.807, 2.05) is 6.07 Å². The maximum atomic E-state index is 13.6. The first-order chi connectivity index (χ1) is 15.1. The minimum absolute atomic E-state index is 0.0190. The normalized spacial score (nSPS) is 13.7. The molecule has 1 atom stereocenters. The third-order valence-corrected chi connectivity index (χ3v) is 10.7. The molecule has 0 fully saturated rings. The van der Waals surface area contributed by atoms with Crippen LogP contribution in [0.4, 0.5) is 4.39 Å². The zero-order valence-corrected chi connectivity index (χ0v) is 20.6. The Morgan fingerprint density at radius 1 is 1.28 bits per heavy atom. The van der Waals surface area contributed by atoms with Crippen molar-refractivity contribution in [1.82, 2.24) is 4.72 Å². The van der Waals surface area contributed by atoms with Crippen LogP contribution in [0.25, 0.3) is 9.40 Å². The van der Waals surface area contributed by atoms with Crippen molar-refractivity contribution in [3.63, 3.8) is 0 Å². The molecule has 14 heteroatoms. The van der Waals surface area contributed by atoms with E-state index < -0.39 is 29.7 Å². The Hall–Kier alpha value is -1.49. The van der Waals surface area contributed by atoms with Crippen LogP contribution >= 0.6 is 42.0 Å². The van der Waals surface area contributed by atoms with Gasteiger partial charge in [0.15, 0.2) is 0 Å². The summed E-state index contributed by atoms with van der Waals surface area (Å²) in [4.78, 5) is 11.1. The van der Waals surface area contributed by atoms with Crippen molar-refractivity contribution in [3.05, 3.63) is 46.6 Å². The Labute approximate surface area is 196 Å². The molecule has 1 aromatic carbocycles. The highest BCUT2D eigenvalue weighted by molar-refractivity contribution is 7.98. The fourth-order valence-electron chi connectivity index (χ4n) is 2.50. The van der Waals surface area contributed by atoms with Gasteiger partial charge in [-0.05, 0) is 43.0 Å². The topological polar surface area (TPSA) is 143 Å². The van der Waals surface area contributed by atoms with Crippen molar-refractivity contribution in [2.75, 3.05) is 18.6 Å². The van der Waals surface area contributed by atoms with Crippen molar-refractivity contribution in [1.29, 1.82) is 5.26 Å². The van der Waals surface area contributed by atoms with Crippen LogP contribution in [0.5, 0.6) is 5.75 Å². The van der Waals surface area contributed by atoms with Crippen molar-refractivity contribution >= 4 is 61.5 Å². The summed E-state index contributed by atoms with van der Waals surface area (Å²) in [5, 5.41) is 8.72. The first-order valence-corrected chi connectivity index (χ1v) is 15.2. The van der Waals surface area contributed by atoms with Crippen molar-refractivity contribution in [3.8, 4) is 11.8 Å². The van der Waals surface area contributed by atoms with Gasteiger partial charge < -0.3 is 15.2 Å². The van der Waals surface area contributed by atoms with Crippen LogP contribution in [-0.2, 0) is 20.3 Å². The summed E-state index contributed by atoms with van der Waals surface area (Å²) in [6.07, 6.45) is 0.0442. The number of benzene rings is 1. The standard InChI is InChI=1S/C18H19FN3O5PS4/c19-15-6-13(3-2-12(15)9-21)27-28(23,24)11-22-32(25,26)18-8-17-16(31-18)7-14(30-17)10-29-5-1-4-20/h2-3,6-8,22H,1,4-5,10-11,20H2,(H,23,24). The van der Waals surface area contributed by atoms with Gasteiger partial charge in [-0.25, -0.2) is 17.4 Å². The van der Waals surface area contributed by atoms with Gasteiger partial charge in [0.25, 0.3) is 10.0 Å². The summed E-state index contributed by atoms with van der Waals surface area (Å²) in [5.74, 6) is 0.582. The first-order valence-electron chi connectivity index (χ1n) is 9.14. The lowest BCUT2D eigenvalue weighted by molar-refractivity contribution is 0.377. The van der Waals surface area contributed by atoms with Gasteiger partial charge in [0, 0.05) is 26.1 Å². The smallest absolute Gasteiger partial charge is 0.391 e. The zero-order valence-electron chi connectivity index (χ0n) is 16.5. The molecule has 0 aliphatic heterocycles.